The van der Waals surface area contributed by atoms with Crippen molar-refractivity contribution in [2.24, 2.45) is 0 Å². The van der Waals surface area contributed by atoms with Crippen LogP contribution in [0.25, 0.3) is 0 Å². The Morgan fingerprint density at radius 1 is 0.907 bits per heavy atom. The van der Waals surface area contributed by atoms with Gasteiger partial charge in [0.2, 0.25) is 0 Å². The van der Waals surface area contributed by atoms with Gasteiger partial charge in [0.1, 0.15) is 0 Å². The number of ketones is 1. The van der Waals surface area contributed by atoms with Gasteiger partial charge in [-0.1, -0.05) is 48.5 Å². The number of anilines is 1. The van der Waals surface area contributed by atoms with Gasteiger partial charge in [0.05, 0.1) is 32.0 Å². The average Bonchev–Trinajstić information content (AvgIpc) is 3.50. The first-order valence-electron chi connectivity index (χ1n) is 14.9. The molecule has 9 nitrogen and oxygen atoms in total. The molecule has 0 bridgehead atoms. The number of carbonyl (C=O) groups is 2. The Hall–Kier alpha value is -3.44. The zero-order valence-electron chi connectivity index (χ0n) is 24.4. The standard InChI is InChI=1S/C34H38N2O7/c1-23(38)26-4-3-7-29(19-26)35-32(39)27-5-2-6-28(18-27)33-42-30(20-31(43-33)25-10-8-24(22-37)9-11-25)21-36-14-12-34(13-15-36)40-16-17-41-34/h2-11,18-19,30-31,33,37H,12-17,20-22H2,1H3,(H,35,39)/t30-,31+,33?/m0/s1. The van der Waals surface area contributed by atoms with Gasteiger partial charge in [-0.25, -0.2) is 0 Å². The first-order chi connectivity index (χ1) is 20.9. The van der Waals surface area contributed by atoms with Crippen LogP contribution >= 0.6 is 0 Å². The lowest BCUT2D eigenvalue weighted by Gasteiger charge is -2.41. The lowest BCUT2D eigenvalue weighted by Crippen LogP contribution is -2.48. The summed E-state index contributed by atoms with van der Waals surface area (Å²) < 4.78 is 24.9. The predicted molar refractivity (Wildman–Crippen MR) is 160 cm³/mol. The molecule has 3 atom stereocenters. The van der Waals surface area contributed by atoms with E-state index in [0.717, 1.165) is 49.2 Å². The number of hydrogen-bond donors (Lipinski definition) is 2. The number of rotatable bonds is 8. The third-order valence-corrected chi connectivity index (χ3v) is 8.46. The second kappa shape index (κ2) is 13.1. The fraction of sp³-hybridized carbons (Fsp3) is 0.412. The summed E-state index contributed by atoms with van der Waals surface area (Å²) in [4.78, 5) is 27.4. The van der Waals surface area contributed by atoms with Crippen LogP contribution in [0.4, 0.5) is 5.69 Å². The molecule has 2 N–H and O–H groups in total. The third kappa shape index (κ3) is 7.04. The summed E-state index contributed by atoms with van der Waals surface area (Å²) in [5, 5.41) is 12.4. The van der Waals surface area contributed by atoms with Crippen LogP contribution in [0.5, 0.6) is 0 Å². The van der Waals surface area contributed by atoms with Gasteiger partial charge >= 0.3 is 0 Å². The molecule has 0 aromatic heterocycles. The molecule has 1 amide bonds. The third-order valence-electron chi connectivity index (χ3n) is 8.46. The molecule has 0 aliphatic carbocycles. The lowest BCUT2D eigenvalue weighted by molar-refractivity contribution is -0.255. The molecule has 0 saturated carbocycles. The van der Waals surface area contributed by atoms with Crippen LogP contribution in [-0.4, -0.2) is 66.4 Å². The normalized spacial score (nSPS) is 23.7. The molecule has 3 heterocycles. The Morgan fingerprint density at radius 2 is 1.63 bits per heavy atom. The Morgan fingerprint density at radius 3 is 2.35 bits per heavy atom. The quantitative estimate of drug-likeness (QED) is 0.355. The summed E-state index contributed by atoms with van der Waals surface area (Å²) in [5.74, 6) is -0.783. The molecular weight excluding hydrogens is 548 g/mol. The van der Waals surface area contributed by atoms with Crippen molar-refractivity contribution in [1.29, 1.82) is 0 Å². The monoisotopic (exact) mass is 586 g/mol. The fourth-order valence-corrected chi connectivity index (χ4v) is 6.03. The van der Waals surface area contributed by atoms with Gasteiger partial charge in [-0.3, -0.25) is 9.59 Å². The van der Waals surface area contributed by atoms with Gasteiger partial charge in [0, 0.05) is 61.3 Å². The molecule has 43 heavy (non-hydrogen) atoms. The summed E-state index contributed by atoms with van der Waals surface area (Å²) in [7, 11) is 0. The first-order valence-corrected chi connectivity index (χ1v) is 14.9. The Labute approximate surface area is 251 Å². The molecule has 6 rings (SSSR count). The number of aliphatic hydroxyl groups is 1. The van der Waals surface area contributed by atoms with Crippen LogP contribution < -0.4 is 5.32 Å². The average molecular weight is 587 g/mol. The number of aliphatic hydroxyl groups excluding tert-OH is 1. The zero-order valence-corrected chi connectivity index (χ0v) is 24.4. The maximum absolute atomic E-state index is 13.2. The largest absolute Gasteiger partial charge is 0.392 e. The summed E-state index contributed by atoms with van der Waals surface area (Å²) in [5.41, 5.74) is 4.15. The van der Waals surface area contributed by atoms with E-state index in [4.69, 9.17) is 18.9 Å². The van der Waals surface area contributed by atoms with E-state index < -0.39 is 12.1 Å². The fourth-order valence-electron chi connectivity index (χ4n) is 6.03. The highest BCUT2D eigenvalue weighted by molar-refractivity contribution is 6.05. The van der Waals surface area contributed by atoms with E-state index in [9.17, 15) is 14.7 Å². The van der Waals surface area contributed by atoms with E-state index in [1.807, 2.05) is 36.4 Å². The topological polar surface area (TPSA) is 107 Å². The van der Waals surface area contributed by atoms with Crippen LogP contribution in [0.3, 0.4) is 0 Å². The van der Waals surface area contributed by atoms with Crippen molar-refractivity contribution < 1.29 is 33.6 Å². The lowest BCUT2D eigenvalue weighted by atomic mass is 9.98. The van der Waals surface area contributed by atoms with Crippen molar-refractivity contribution in [3.8, 4) is 0 Å². The van der Waals surface area contributed by atoms with Crippen LogP contribution in [0.2, 0.25) is 0 Å². The number of hydrogen-bond acceptors (Lipinski definition) is 8. The number of likely N-dealkylation sites (tertiary alicyclic amines) is 1. The van der Waals surface area contributed by atoms with Crippen LogP contribution in [-0.2, 0) is 25.6 Å². The highest BCUT2D eigenvalue weighted by atomic mass is 16.7. The van der Waals surface area contributed by atoms with Gasteiger partial charge in [-0.05, 0) is 42.3 Å². The van der Waals surface area contributed by atoms with Crippen molar-refractivity contribution in [3.05, 3.63) is 101 Å². The predicted octanol–water partition coefficient (Wildman–Crippen LogP) is 5.02. The van der Waals surface area contributed by atoms with E-state index >= 15 is 0 Å². The van der Waals surface area contributed by atoms with Gasteiger partial charge in [0.15, 0.2) is 17.9 Å². The van der Waals surface area contributed by atoms with Gasteiger partial charge in [-0.2, -0.15) is 0 Å². The van der Waals surface area contributed by atoms with Gasteiger partial charge < -0.3 is 34.3 Å². The van der Waals surface area contributed by atoms with Crippen LogP contribution in [0.1, 0.15) is 76.0 Å². The van der Waals surface area contributed by atoms with Gasteiger partial charge in [-0.15, -0.1) is 0 Å². The molecule has 3 aromatic carbocycles. The number of ether oxygens (including phenoxy) is 4. The number of nitrogens with one attached hydrogen (secondary N) is 1. The summed E-state index contributed by atoms with van der Waals surface area (Å²) in [6.45, 7) is 5.26. The maximum Gasteiger partial charge on any atom is 0.255 e. The SMILES string of the molecule is CC(=O)c1cccc(NC(=O)c2cccc(C3O[C@H](CN4CCC5(CC4)OCCO5)C[C@H](c4ccc(CO)cc4)O3)c2)c1. The minimum atomic E-state index is -0.673. The molecule has 3 aromatic rings. The number of nitrogens with zero attached hydrogens (tertiary/aromatic N) is 1. The highest BCUT2D eigenvalue weighted by Crippen LogP contribution is 2.39. The van der Waals surface area contributed by atoms with Crippen molar-refractivity contribution >= 4 is 17.4 Å². The minimum absolute atomic E-state index is 0.0159. The van der Waals surface area contributed by atoms with Crippen molar-refractivity contribution in [3.63, 3.8) is 0 Å². The van der Waals surface area contributed by atoms with E-state index in [0.29, 0.717) is 36.4 Å². The van der Waals surface area contributed by atoms with Gasteiger partial charge in [0.25, 0.3) is 5.91 Å². The minimum Gasteiger partial charge on any atom is -0.392 e. The van der Waals surface area contributed by atoms with E-state index in [-0.39, 0.29) is 30.5 Å². The molecule has 3 fully saturated rings. The molecule has 226 valence electrons. The Bertz CT molecular complexity index is 1430. The number of piperidine rings is 1. The van der Waals surface area contributed by atoms with E-state index in [2.05, 4.69) is 10.2 Å². The smallest absolute Gasteiger partial charge is 0.255 e. The molecule has 3 aliphatic heterocycles. The molecule has 1 spiro atoms. The number of benzene rings is 3. The van der Waals surface area contributed by atoms with Crippen LogP contribution in [0.15, 0.2) is 72.8 Å². The first kappa shape index (κ1) is 29.6. The van der Waals surface area contributed by atoms with Crippen molar-refractivity contribution in [1.82, 2.24) is 4.90 Å². The zero-order chi connectivity index (χ0) is 29.8. The number of Topliss-reactive ketones (excluding diaryl/α,β-unsaturated/α-hetero) is 1. The molecule has 9 heteroatoms. The summed E-state index contributed by atoms with van der Waals surface area (Å²) >= 11 is 0. The maximum atomic E-state index is 13.2. The van der Waals surface area contributed by atoms with Crippen molar-refractivity contribution in [2.45, 2.75) is 57.1 Å². The second-order valence-corrected chi connectivity index (χ2v) is 11.5. The van der Waals surface area contributed by atoms with Crippen LogP contribution in [0, 0.1) is 0 Å². The Balaban J connectivity index is 1.19. The highest BCUT2D eigenvalue weighted by Gasteiger charge is 2.41. The number of carbonyl (C=O) groups excluding carboxylic acids is 2. The van der Waals surface area contributed by atoms with Crippen molar-refractivity contribution in [2.75, 3.05) is 38.2 Å². The Kier molecular flexibility index (Phi) is 8.99. The summed E-state index contributed by atoms with van der Waals surface area (Å²) in [6.07, 6.45) is 1.34. The molecule has 1 unspecified atom stereocenters. The molecule has 0 radical (unpaired) electrons. The second-order valence-electron chi connectivity index (χ2n) is 11.5. The molecular formula is C34H38N2O7. The summed E-state index contributed by atoms with van der Waals surface area (Å²) in [6, 6.07) is 22.0. The number of amides is 1. The molecule has 3 aliphatic rings. The van der Waals surface area contributed by atoms with E-state index in [1.54, 1.807) is 36.4 Å². The molecule has 3 saturated heterocycles. The van der Waals surface area contributed by atoms with E-state index in [1.165, 1.54) is 6.92 Å².